The molecule has 3 aromatic heterocycles. The molecule has 4 heteroatoms. The number of halogens is 1. The van der Waals surface area contributed by atoms with E-state index in [9.17, 15) is 0 Å². The predicted octanol–water partition coefficient (Wildman–Crippen LogP) is 3.25. The quantitative estimate of drug-likeness (QED) is 0.587. The Balaban J connectivity index is 2.37. The molecule has 74 valence electrons. The highest BCUT2D eigenvalue weighted by atomic mass is 35.5. The maximum atomic E-state index is 6.10. The van der Waals surface area contributed by atoms with Crippen LogP contribution in [0.5, 0.6) is 0 Å². The molecular formula is C11H7ClN2O. The van der Waals surface area contributed by atoms with Gasteiger partial charge in [-0.1, -0.05) is 17.7 Å². The Labute approximate surface area is 90.9 Å². The normalized spacial score (nSPS) is 11.0. The average molecular weight is 219 g/mol. The molecule has 0 saturated heterocycles. The number of hydrogen-bond donors (Lipinski definition) is 0. The van der Waals surface area contributed by atoms with Gasteiger partial charge in [0, 0.05) is 0 Å². The summed E-state index contributed by atoms with van der Waals surface area (Å²) in [5, 5.41) is 0.622. The molecule has 0 spiro atoms. The second-order valence-electron chi connectivity index (χ2n) is 3.17. The maximum absolute atomic E-state index is 6.10. The van der Waals surface area contributed by atoms with Crippen molar-refractivity contribution in [2.75, 3.05) is 0 Å². The van der Waals surface area contributed by atoms with Gasteiger partial charge in [-0.2, -0.15) is 0 Å². The Bertz CT molecular complexity index is 598. The van der Waals surface area contributed by atoms with Crippen LogP contribution in [-0.2, 0) is 0 Å². The van der Waals surface area contributed by atoms with Crippen molar-refractivity contribution in [3.8, 4) is 11.6 Å². The first-order chi connectivity index (χ1) is 7.36. The van der Waals surface area contributed by atoms with Crippen molar-refractivity contribution in [2.24, 2.45) is 0 Å². The molecule has 0 radical (unpaired) electrons. The summed E-state index contributed by atoms with van der Waals surface area (Å²) in [4.78, 5) is 4.28. The van der Waals surface area contributed by atoms with Crippen molar-refractivity contribution < 1.29 is 4.42 Å². The Morgan fingerprint density at radius 3 is 2.93 bits per heavy atom. The van der Waals surface area contributed by atoms with Crippen molar-refractivity contribution >= 4 is 17.1 Å². The third kappa shape index (κ3) is 1.24. The summed E-state index contributed by atoms with van der Waals surface area (Å²) >= 11 is 6.10. The maximum Gasteiger partial charge on any atom is 0.181 e. The van der Waals surface area contributed by atoms with Gasteiger partial charge in [0.25, 0.3) is 0 Å². The van der Waals surface area contributed by atoms with Crippen LogP contribution >= 0.6 is 11.6 Å². The van der Waals surface area contributed by atoms with Crippen molar-refractivity contribution in [3.63, 3.8) is 0 Å². The third-order valence-corrected chi connectivity index (χ3v) is 2.54. The average Bonchev–Trinajstić information content (AvgIpc) is 2.85. The summed E-state index contributed by atoms with van der Waals surface area (Å²) in [6.07, 6.45) is 3.39. The highest BCUT2D eigenvalue weighted by molar-refractivity contribution is 6.29. The number of fused-ring (bicyclic) bond motifs is 1. The monoisotopic (exact) mass is 218 g/mol. The Morgan fingerprint density at radius 1 is 1.20 bits per heavy atom. The topological polar surface area (TPSA) is 30.4 Å². The second-order valence-corrected chi connectivity index (χ2v) is 3.56. The van der Waals surface area contributed by atoms with E-state index in [-0.39, 0.29) is 0 Å². The zero-order chi connectivity index (χ0) is 10.3. The van der Waals surface area contributed by atoms with Crippen LogP contribution in [0.1, 0.15) is 0 Å². The lowest BCUT2D eigenvalue weighted by molar-refractivity contribution is 0.577. The molecule has 3 rings (SSSR count). The van der Waals surface area contributed by atoms with Gasteiger partial charge in [0.2, 0.25) is 0 Å². The zero-order valence-electron chi connectivity index (χ0n) is 7.72. The van der Waals surface area contributed by atoms with Crippen LogP contribution in [0.15, 0.2) is 47.2 Å². The van der Waals surface area contributed by atoms with Gasteiger partial charge in [0.1, 0.15) is 5.15 Å². The fraction of sp³-hybridized carbons (Fsp3) is 0. The Morgan fingerprint density at radius 2 is 2.13 bits per heavy atom. The van der Waals surface area contributed by atoms with Crippen LogP contribution in [0, 0.1) is 0 Å². The van der Waals surface area contributed by atoms with Crippen LogP contribution < -0.4 is 0 Å². The molecule has 0 atom stereocenters. The number of rotatable bonds is 1. The number of aromatic nitrogens is 2. The molecule has 0 aliphatic heterocycles. The Kier molecular flexibility index (Phi) is 1.79. The Hall–Kier alpha value is -1.74. The van der Waals surface area contributed by atoms with E-state index in [0.29, 0.717) is 10.9 Å². The summed E-state index contributed by atoms with van der Waals surface area (Å²) in [6, 6.07) is 9.35. The number of nitrogens with zero attached hydrogens (tertiary/aromatic N) is 2. The fourth-order valence-corrected chi connectivity index (χ4v) is 1.84. The van der Waals surface area contributed by atoms with Gasteiger partial charge in [-0.3, -0.25) is 4.40 Å². The van der Waals surface area contributed by atoms with Crippen LogP contribution in [-0.4, -0.2) is 9.38 Å². The minimum absolute atomic E-state index is 0.622. The highest BCUT2D eigenvalue weighted by Crippen LogP contribution is 2.23. The minimum atomic E-state index is 0.622. The molecule has 0 amide bonds. The molecular weight excluding hydrogens is 212 g/mol. The SMILES string of the molecule is Clc1cccc2cnc(-c3ccco3)n12. The number of hydrogen-bond acceptors (Lipinski definition) is 2. The van der Waals surface area contributed by atoms with Crippen LogP contribution in [0.4, 0.5) is 0 Å². The van der Waals surface area contributed by atoms with E-state index in [1.807, 2.05) is 34.7 Å². The van der Waals surface area contributed by atoms with E-state index in [4.69, 9.17) is 16.0 Å². The summed E-state index contributed by atoms with van der Waals surface area (Å²) < 4.78 is 7.15. The number of pyridine rings is 1. The van der Waals surface area contributed by atoms with Crippen molar-refractivity contribution in [1.82, 2.24) is 9.38 Å². The lowest BCUT2D eigenvalue weighted by Gasteiger charge is -2.00. The first-order valence-corrected chi connectivity index (χ1v) is 4.90. The summed E-state index contributed by atoms with van der Waals surface area (Å²) in [6.45, 7) is 0. The van der Waals surface area contributed by atoms with Gasteiger partial charge in [-0.15, -0.1) is 0 Å². The minimum Gasteiger partial charge on any atom is -0.461 e. The molecule has 3 heterocycles. The molecule has 0 fully saturated rings. The lowest BCUT2D eigenvalue weighted by atomic mass is 10.4. The smallest absolute Gasteiger partial charge is 0.181 e. The number of imidazole rings is 1. The second kappa shape index (κ2) is 3.14. The van der Waals surface area contributed by atoms with Crippen LogP contribution in [0.2, 0.25) is 5.15 Å². The fourth-order valence-electron chi connectivity index (χ4n) is 1.59. The molecule has 3 aromatic rings. The van der Waals surface area contributed by atoms with E-state index in [1.165, 1.54) is 0 Å². The van der Waals surface area contributed by atoms with E-state index in [1.54, 1.807) is 12.5 Å². The predicted molar refractivity (Wildman–Crippen MR) is 57.9 cm³/mol. The van der Waals surface area contributed by atoms with Gasteiger partial charge in [0.05, 0.1) is 18.0 Å². The standard InChI is InChI=1S/C11H7ClN2O/c12-10-5-1-3-8-7-13-11(14(8)10)9-4-2-6-15-9/h1-7H. The van der Waals surface area contributed by atoms with E-state index in [2.05, 4.69) is 4.98 Å². The molecule has 0 saturated carbocycles. The molecule has 0 aromatic carbocycles. The van der Waals surface area contributed by atoms with Gasteiger partial charge in [0.15, 0.2) is 11.6 Å². The summed E-state index contributed by atoms with van der Waals surface area (Å²) in [5.74, 6) is 1.43. The summed E-state index contributed by atoms with van der Waals surface area (Å²) in [7, 11) is 0. The van der Waals surface area contributed by atoms with E-state index >= 15 is 0 Å². The molecule has 0 aliphatic carbocycles. The molecule has 3 nitrogen and oxygen atoms in total. The van der Waals surface area contributed by atoms with E-state index in [0.717, 1.165) is 11.3 Å². The molecule has 0 bridgehead atoms. The first kappa shape index (κ1) is 8.56. The lowest BCUT2D eigenvalue weighted by Crippen LogP contribution is -1.89. The largest absolute Gasteiger partial charge is 0.461 e. The van der Waals surface area contributed by atoms with E-state index < -0.39 is 0 Å². The summed E-state index contributed by atoms with van der Waals surface area (Å²) in [5.41, 5.74) is 0.953. The number of furan rings is 1. The zero-order valence-corrected chi connectivity index (χ0v) is 8.48. The van der Waals surface area contributed by atoms with Crippen molar-refractivity contribution in [2.45, 2.75) is 0 Å². The van der Waals surface area contributed by atoms with Gasteiger partial charge in [-0.05, 0) is 24.3 Å². The highest BCUT2D eigenvalue weighted by Gasteiger charge is 2.10. The molecule has 0 unspecified atom stereocenters. The molecule has 15 heavy (non-hydrogen) atoms. The molecule has 0 aliphatic rings. The third-order valence-electron chi connectivity index (χ3n) is 2.25. The van der Waals surface area contributed by atoms with Crippen LogP contribution in [0.25, 0.3) is 17.1 Å². The van der Waals surface area contributed by atoms with Crippen LogP contribution in [0.3, 0.4) is 0 Å². The first-order valence-electron chi connectivity index (χ1n) is 4.52. The molecule has 0 N–H and O–H groups in total. The van der Waals surface area contributed by atoms with Gasteiger partial charge < -0.3 is 4.42 Å². The van der Waals surface area contributed by atoms with Gasteiger partial charge >= 0.3 is 0 Å². The van der Waals surface area contributed by atoms with Crippen molar-refractivity contribution in [3.05, 3.63) is 47.9 Å². The van der Waals surface area contributed by atoms with Gasteiger partial charge in [-0.25, -0.2) is 4.98 Å². The van der Waals surface area contributed by atoms with Crippen molar-refractivity contribution in [1.29, 1.82) is 0 Å².